The number of hydrogen-bond donors (Lipinski definition) is 1. The van der Waals surface area contributed by atoms with Gasteiger partial charge in [0, 0.05) is 24.0 Å². The molecule has 0 saturated carbocycles. The average molecular weight is 231 g/mol. The number of anilines is 2. The highest BCUT2D eigenvalue weighted by atomic mass is 16.5. The minimum atomic E-state index is 0.376. The molecule has 0 fully saturated rings. The highest BCUT2D eigenvalue weighted by Crippen LogP contribution is 2.19. The third kappa shape index (κ3) is 2.78. The number of benzene rings is 1. The SMILES string of the molecule is COc1ccc(Nc2ccn(C(C)C)n2)cc1. The maximum atomic E-state index is 5.11. The van der Waals surface area contributed by atoms with Crippen LogP contribution in [0.4, 0.5) is 11.5 Å². The number of ether oxygens (including phenoxy) is 1. The quantitative estimate of drug-likeness (QED) is 0.878. The van der Waals surface area contributed by atoms with Crippen molar-refractivity contribution in [3.05, 3.63) is 36.5 Å². The lowest BCUT2D eigenvalue weighted by Crippen LogP contribution is -2.01. The highest BCUT2D eigenvalue weighted by Gasteiger charge is 2.02. The smallest absolute Gasteiger partial charge is 0.152 e. The molecule has 0 bridgehead atoms. The van der Waals surface area contributed by atoms with Gasteiger partial charge in [0.05, 0.1) is 7.11 Å². The molecule has 1 aromatic carbocycles. The van der Waals surface area contributed by atoms with Crippen LogP contribution in [0.15, 0.2) is 36.5 Å². The largest absolute Gasteiger partial charge is 0.497 e. The van der Waals surface area contributed by atoms with Crippen molar-refractivity contribution in [1.29, 1.82) is 0 Å². The molecule has 0 aliphatic heterocycles. The van der Waals surface area contributed by atoms with Crippen LogP contribution in [0.25, 0.3) is 0 Å². The summed E-state index contributed by atoms with van der Waals surface area (Å²) >= 11 is 0. The topological polar surface area (TPSA) is 39.1 Å². The molecule has 0 unspecified atom stereocenters. The van der Waals surface area contributed by atoms with Crippen LogP contribution in [-0.2, 0) is 0 Å². The van der Waals surface area contributed by atoms with Gasteiger partial charge in [-0.15, -0.1) is 0 Å². The van der Waals surface area contributed by atoms with E-state index in [4.69, 9.17) is 4.74 Å². The zero-order chi connectivity index (χ0) is 12.3. The summed E-state index contributed by atoms with van der Waals surface area (Å²) in [4.78, 5) is 0. The Bertz CT molecular complexity index is 474. The molecule has 0 amide bonds. The number of nitrogens with one attached hydrogen (secondary N) is 1. The Balaban J connectivity index is 2.08. The minimum Gasteiger partial charge on any atom is -0.497 e. The number of nitrogens with zero attached hydrogens (tertiary/aromatic N) is 2. The minimum absolute atomic E-state index is 0.376. The monoisotopic (exact) mass is 231 g/mol. The van der Waals surface area contributed by atoms with Crippen molar-refractivity contribution in [2.75, 3.05) is 12.4 Å². The first-order valence-electron chi connectivity index (χ1n) is 5.65. The van der Waals surface area contributed by atoms with Crippen molar-refractivity contribution in [2.45, 2.75) is 19.9 Å². The van der Waals surface area contributed by atoms with Crippen LogP contribution in [0, 0.1) is 0 Å². The van der Waals surface area contributed by atoms with E-state index < -0.39 is 0 Å². The Morgan fingerprint density at radius 2 is 1.88 bits per heavy atom. The molecule has 1 heterocycles. The van der Waals surface area contributed by atoms with E-state index in [1.807, 2.05) is 41.2 Å². The summed E-state index contributed by atoms with van der Waals surface area (Å²) in [7, 11) is 1.66. The van der Waals surface area contributed by atoms with Gasteiger partial charge in [-0.25, -0.2) is 0 Å². The van der Waals surface area contributed by atoms with E-state index in [1.54, 1.807) is 7.11 Å². The molecule has 1 N–H and O–H groups in total. The van der Waals surface area contributed by atoms with Crippen LogP contribution in [0.1, 0.15) is 19.9 Å². The molecule has 2 rings (SSSR count). The van der Waals surface area contributed by atoms with Gasteiger partial charge >= 0.3 is 0 Å². The van der Waals surface area contributed by atoms with Gasteiger partial charge in [-0.2, -0.15) is 5.10 Å². The maximum absolute atomic E-state index is 5.11. The summed E-state index contributed by atoms with van der Waals surface area (Å²) in [6.07, 6.45) is 1.97. The Morgan fingerprint density at radius 3 is 2.41 bits per heavy atom. The van der Waals surface area contributed by atoms with Crippen molar-refractivity contribution in [2.24, 2.45) is 0 Å². The van der Waals surface area contributed by atoms with E-state index in [9.17, 15) is 0 Å². The average Bonchev–Trinajstić information content (AvgIpc) is 2.79. The zero-order valence-electron chi connectivity index (χ0n) is 10.3. The van der Waals surface area contributed by atoms with Crippen molar-refractivity contribution < 1.29 is 4.74 Å². The van der Waals surface area contributed by atoms with Crippen molar-refractivity contribution in [3.8, 4) is 5.75 Å². The summed E-state index contributed by atoms with van der Waals surface area (Å²) in [5.74, 6) is 1.70. The van der Waals surface area contributed by atoms with Crippen LogP contribution in [-0.4, -0.2) is 16.9 Å². The zero-order valence-corrected chi connectivity index (χ0v) is 10.3. The molecule has 0 atom stereocenters. The first kappa shape index (κ1) is 11.5. The molecular weight excluding hydrogens is 214 g/mol. The van der Waals surface area contributed by atoms with E-state index in [0.29, 0.717) is 6.04 Å². The molecule has 4 heteroatoms. The lowest BCUT2D eigenvalue weighted by atomic mass is 10.3. The molecule has 0 aliphatic carbocycles. The summed E-state index contributed by atoms with van der Waals surface area (Å²) < 4.78 is 7.03. The molecule has 4 nitrogen and oxygen atoms in total. The first-order valence-corrected chi connectivity index (χ1v) is 5.65. The summed E-state index contributed by atoms with van der Waals surface area (Å²) in [5.41, 5.74) is 1.000. The van der Waals surface area contributed by atoms with E-state index in [-0.39, 0.29) is 0 Å². The molecule has 0 saturated heterocycles. The third-order valence-electron chi connectivity index (χ3n) is 2.50. The maximum Gasteiger partial charge on any atom is 0.152 e. The summed E-state index contributed by atoms with van der Waals surface area (Å²) in [5, 5.41) is 7.66. The van der Waals surface area contributed by atoms with Gasteiger partial charge in [0.1, 0.15) is 5.75 Å². The predicted molar refractivity (Wildman–Crippen MR) is 68.9 cm³/mol. The third-order valence-corrected chi connectivity index (χ3v) is 2.50. The van der Waals surface area contributed by atoms with Crippen LogP contribution in [0.2, 0.25) is 0 Å². The lowest BCUT2D eigenvalue weighted by Gasteiger charge is -2.06. The van der Waals surface area contributed by atoms with Crippen LogP contribution in [0.3, 0.4) is 0 Å². The predicted octanol–water partition coefficient (Wildman–Crippen LogP) is 3.22. The molecule has 1 aromatic heterocycles. The van der Waals surface area contributed by atoms with Gasteiger partial charge < -0.3 is 10.1 Å². The van der Waals surface area contributed by atoms with Crippen molar-refractivity contribution >= 4 is 11.5 Å². The van der Waals surface area contributed by atoms with Gasteiger partial charge in [-0.1, -0.05) is 0 Å². The second-order valence-corrected chi connectivity index (χ2v) is 4.13. The second-order valence-electron chi connectivity index (χ2n) is 4.13. The van der Waals surface area contributed by atoms with E-state index in [1.165, 1.54) is 0 Å². The molecule has 0 radical (unpaired) electrons. The van der Waals surface area contributed by atoms with Crippen LogP contribution in [0.5, 0.6) is 5.75 Å². The summed E-state index contributed by atoms with van der Waals surface area (Å²) in [6, 6.07) is 10.1. The fourth-order valence-electron chi connectivity index (χ4n) is 1.51. The molecular formula is C13H17N3O. The van der Waals surface area contributed by atoms with Crippen molar-refractivity contribution in [1.82, 2.24) is 9.78 Å². The van der Waals surface area contributed by atoms with Gasteiger partial charge in [-0.3, -0.25) is 4.68 Å². The summed E-state index contributed by atoms with van der Waals surface area (Å²) in [6.45, 7) is 4.20. The molecule has 2 aromatic rings. The fraction of sp³-hybridized carbons (Fsp3) is 0.308. The Hall–Kier alpha value is -1.97. The van der Waals surface area contributed by atoms with E-state index in [0.717, 1.165) is 17.3 Å². The molecule has 90 valence electrons. The highest BCUT2D eigenvalue weighted by molar-refractivity contribution is 5.56. The van der Waals surface area contributed by atoms with Gasteiger partial charge in [0.25, 0.3) is 0 Å². The van der Waals surface area contributed by atoms with Gasteiger partial charge in [0.2, 0.25) is 0 Å². The second kappa shape index (κ2) is 4.91. The number of aromatic nitrogens is 2. The Labute approximate surface area is 101 Å². The molecule has 0 aliphatic rings. The van der Waals surface area contributed by atoms with E-state index >= 15 is 0 Å². The van der Waals surface area contributed by atoms with E-state index in [2.05, 4.69) is 24.3 Å². The number of methoxy groups -OCH3 is 1. The fourth-order valence-corrected chi connectivity index (χ4v) is 1.51. The Kier molecular flexibility index (Phi) is 3.32. The van der Waals surface area contributed by atoms with Crippen molar-refractivity contribution in [3.63, 3.8) is 0 Å². The standard InChI is InChI=1S/C13H17N3O/c1-10(2)16-9-8-13(15-16)14-11-4-6-12(17-3)7-5-11/h4-10H,1-3H3,(H,14,15). The van der Waals surface area contributed by atoms with Crippen LogP contribution < -0.4 is 10.1 Å². The van der Waals surface area contributed by atoms with Crippen LogP contribution >= 0.6 is 0 Å². The Morgan fingerprint density at radius 1 is 1.18 bits per heavy atom. The lowest BCUT2D eigenvalue weighted by molar-refractivity contribution is 0.415. The molecule has 17 heavy (non-hydrogen) atoms. The first-order chi connectivity index (χ1) is 8.19. The molecule has 0 spiro atoms. The van der Waals surface area contributed by atoms with Gasteiger partial charge in [0.15, 0.2) is 5.82 Å². The normalized spacial score (nSPS) is 10.6. The number of rotatable bonds is 4. The number of hydrogen-bond acceptors (Lipinski definition) is 3. The van der Waals surface area contributed by atoms with Gasteiger partial charge in [-0.05, 0) is 38.1 Å².